The molecule has 0 spiro atoms. The topological polar surface area (TPSA) is 34.4 Å². The molecule has 1 N–H and O–H groups in total. The number of hydrogen-bond donors (Lipinski definition) is 1. The molecule has 0 aliphatic carbocycles. The number of rotatable bonds is 7. The van der Waals surface area contributed by atoms with Crippen LogP contribution in [-0.2, 0) is 11.3 Å². The molecule has 0 saturated heterocycles. The summed E-state index contributed by atoms with van der Waals surface area (Å²) in [5.41, 5.74) is 1.08. The molecule has 0 aliphatic heterocycles. The molecule has 1 heterocycles. The predicted octanol–water partition coefficient (Wildman–Crippen LogP) is 1.96. The minimum Gasteiger partial charge on any atom is -0.468 e. The Morgan fingerprint density at radius 3 is 2.93 bits per heavy atom. The van der Waals surface area contributed by atoms with E-state index in [2.05, 4.69) is 5.32 Å². The van der Waals surface area contributed by atoms with Crippen LogP contribution in [0.5, 0.6) is 0 Å². The molecule has 0 unspecified atom stereocenters. The van der Waals surface area contributed by atoms with Gasteiger partial charge in [-0.05, 0) is 18.6 Å². The van der Waals surface area contributed by atoms with Gasteiger partial charge in [-0.1, -0.05) is 0 Å². The standard InChI is InChI=1S/C10H15F2NO2/c1-8-2-4-15-9(8)6-13-3-5-14-7-10(11)12/h2,4,10,13H,3,5-7H2,1H3. The van der Waals surface area contributed by atoms with Gasteiger partial charge in [-0.3, -0.25) is 0 Å². The fourth-order valence-electron chi connectivity index (χ4n) is 1.10. The minimum absolute atomic E-state index is 0.282. The Labute approximate surface area is 87.4 Å². The second kappa shape index (κ2) is 6.53. The van der Waals surface area contributed by atoms with Crippen molar-refractivity contribution in [2.45, 2.75) is 19.9 Å². The van der Waals surface area contributed by atoms with Gasteiger partial charge in [-0.2, -0.15) is 0 Å². The highest BCUT2D eigenvalue weighted by molar-refractivity contribution is 5.13. The molecule has 0 aromatic carbocycles. The van der Waals surface area contributed by atoms with Crippen molar-refractivity contribution in [3.63, 3.8) is 0 Å². The van der Waals surface area contributed by atoms with Gasteiger partial charge in [0.1, 0.15) is 12.4 Å². The molecule has 0 amide bonds. The van der Waals surface area contributed by atoms with Gasteiger partial charge in [0.05, 0.1) is 19.4 Å². The zero-order valence-electron chi connectivity index (χ0n) is 8.63. The van der Waals surface area contributed by atoms with E-state index in [1.807, 2.05) is 13.0 Å². The molecule has 15 heavy (non-hydrogen) atoms. The summed E-state index contributed by atoms with van der Waals surface area (Å²) in [6.07, 6.45) is -0.767. The van der Waals surface area contributed by atoms with Crippen LogP contribution in [0.4, 0.5) is 8.78 Å². The average molecular weight is 219 g/mol. The first-order chi connectivity index (χ1) is 7.20. The Balaban J connectivity index is 2.00. The maximum Gasteiger partial charge on any atom is 0.261 e. The van der Waals surface area contributed by atoms with Crippen molar-refractivity contribution < 1.29 is 17.9 Å². The maximum absolute atomic E-state index is 11.7. The Kier molecular flexibility index (Phi) is 5.28. The van der Waals surface area contributed by atoms with Crippen molar-refractivity contribution >= 4 is 0 Å². The lowest BCUT2D eigenvalue weighted by molar-refractivity contribution is 0.0186. The van der Waals surface area contributed by atoms with Crippen LogP contribution >= 0.6 is 0 Å². The quantitative estimate of drug-likeness (QED) is 0.712. The van der Waals surface area contributed by atoms with Gasteiger partial charge < -0.3 is 14.5 Å². The molecular weight excluding hydrogens is 204 g/mol. The van der Waals surface area contributed by atoms with Crippen molar-refractivity contribution in [3.8, 4) is 0 Å². The van der Waals surface area contributed by atoms with Crippen LogP contribution in [0.3, 0.4) is 0 Å². The van der Waals surface area contributed by atoms with E-state index in [4.69, 9.17) is 9.15 Å². The molecule has 0 fully saturated rings. The van der Waals surface area contributed by atoms with E-state index in [1.54, 1.807) is 6.26 Å². The van der Waals surface area contributed by atoms with Crippen molar-refractivity contribution in [1.29, 1.82) is 0 Å². The molecular formula is C10H15F2NO2. The van der Waals surface area contributed by atoms with Crippen LogP contribution in [0.1, 0.15) is 11.3 Å². The van der Waals surface area contributed by atoms with Gasteiger partial charge in [-0.25, -0.2) is 8.78 Å². The van der Waals surface area contributed by atoms with Gasteiger partial charge in [0.15, 0.2) is 0 Å². The fraction of sp³-hybridized carbons (Fsp3) is 0.600. The molecule has 86 valence electrons. The third-order valence-corrected chi connectivity index (χ3v) is 1.92. The maximum atomic E-state index is 11.7. The van der Waals surface area contributed by atoms with Gasteiger partial charge in [-0.15, -0.1) is 0 Å². The van der Waals surface area contributed by atoms with E-state index in [9.17, 15) is 8.78 Å². The summed E-state index contributed by atoms with van der Waals surface area (Å²) in [6, 6.07) is 1.88. The summed E-state index contributed by atoms with van der Waals surface area (Å²) in [5, 5.41) is 3.04. The summed E-state index contributed by atoms with van der Waals surface area (Å²) in [4.78, 5) is 0. The lowest BCUT2D eigenvalue weighted by atomic mass is 10.3. The van der Waals surface area contributed by atoms with Crippen LogP contribution in [0.15, 0.2) is 16.7 Å². The predicted molar refractivity (Wildman–Crippen MR) is 52.0 cm³/mol. The summed E-state index contributed by atoms with van der Waals surface area (Å²) in [6.45, 7) is 2.86. The molecule has 0 atom stereocenters. The van der Waals surface area contributed by atoms with E-state index in [1.165, 1.54) is 0 Å². The molecule has 0 bridgehead atoms. The molecule has 1 rings (SSSR count). The van der Waals surface area contributed by atoms with E-state index in [0.29, 0.717) is 13.1 Å². The van der Waals surface area contributed by atoms with Crippen molar-refractivity contribution in [2.75, 3.05) is 19.8 Å². The number of aryl methyl sites for hydroxylation is 1. The first-order valence-electron chi connectivity index (χ1n) is 4.79. The van der Waals surface area contributed by atoms with E-state index in [-0.39, 0.29) is 6.61 Å². The highest BCUT2D eigenvalue weighted by Crippen LogP contribution is 2.07. The van der Waals surface area contributed by atoms with E-state index >= 15 is 0 Å². The van der Waals surface area contributed by atoms with Crippen LogP contribution in [0.25, 0.3) is 0 Å². The number of nitrogens with one attached hydrogen (secondary N) is 1. The molecule has 0 saturated carbocycles. The SMILES string of the molecule is Cc1ccoc1CNCCOCC(F)F. The molecule has 0 radical (unpaired) electrons. The number of hydrogen-bond acceptors (Lipinski definition) is 3. The second-order valence-electron chi connectivity index (χ2n) is 3.17. The lowest BCUT2D eigenvalue weighted by Crippen LogP contribution is -2.20. The van der Waals surface area contributed by atoms with Crippen molar-refractivity contribution in [1.82, 2.24) is 5.32 Å². The first-order valence-corrected chi connectivity index (χ1v) is 4.79. The Hall–Kier alpha value is -0.940. The van der Waals surface area contributed by atoms with Crippen LogP contribution in [-0.4, -0.2) is 26.2 Å². The number of alkyl halides is 2. The average Bonchev–Trinajstić information content (AvgIpc) is 2.57. The lowest BCUT2D eigenvalue weighted by Gasteiger charge is -2.04. The highest BCUT2D eigenvalue weighted by Gasteiger charge is 2.02. The van der Waals surface area contributed by atoms with Crippen LogP contribution in [0, 0.1) is 6.92 Å². The Bertz CT molecular complexity index is 276. The molecule has 0 aliphatic rings. The van der Waals surface area contributed by atoms with Crippen LogP contribution in [0.2, 0.25) is 0 Å². The van der Waals surface area contributed by atoms with E-state index < -0.39 is 13.0 Å². The second-order valence-corrected chi connectivity index (χ2v) is 3.17. The fourth-order valence-corrected chi connectivity index (χ4v) is 1.10. The third-order valence-electron chi connectivity index (χ3n) is 1.92. The van der Waals surface area contributed by atoms with Gasteiger partial charge in [0.25, 0.3) is 6.43 Å². The third kappa shape index (κ3) is 4.90. The Morgan fingerprint density at radius 2 is 2.33 bits per heavy atom. The normalized spacial score (nSPS) is 11.2. The largest absolute Gasteiger partial charge is 0.468 e. The van der Waals surface area contributed by atoms with Gasteiger partial charge >= 0.3 is 0 Å². The van der Waals surface area contributed by atoms with Gasteiger partial charge in [0, 0.05) is 6.54 Å². The van der Waals surface area contributed by atoms with Crippen molar-refractivity contribution in [2.24, 2.45) is 0 Å². The van der Waals surface area contributed by atoms with Gasteiger partial charge in [0.2, 0.25) is 0 Å². The summed E-state index contributed by atoms with van der Waals surface area (Å²) >= 11 is 0. The number of furan rings is 1. The van der Waals surface area contributed by atoms with Crippen LogP contribution < -0.4 is 5.32 Å². The molecule has 1 aromatic rings. The minimum atomic E-state index is -2.39. The van der Waals surface area contributed by atoms with Crippen molar-refractivity contribution in [3.05, 3.63) is 23.7 Å². The van der Waals surface area contributed by atoms with E-state index in [0.717, 1.165) is 11.3 Å². The first kappa shape index (κ1) is 12.1. The number of ether oxygens (including phenoxy) is 1. The smallest absolute Gasteiger partial charge is 0.261 e. The highest BCUT2D eigenvalue weighted by atomic mass is 19.3. The summed E-state index contributed by atoms with van der Waals surface area (Å²) < 4.78 is 33.2. The Morgan fingerprint density at radius 1 is 1.53 bits per heavy atom. The molecule has 3 nitrogen and oxygen atoms in total. The molecule has 5 heteroatoms. The zero-order valence-corrected chi connectivity index (χ0v) is 8.63. The monoisotopic (exact) mass is 219 g/mol. The summed E-state index contributed by atoms with van der Waals surface area (Å²) in [7, 11) is 0. The molecule has 1 aromatic heterocycles. The summed E-state index contributed by atoms with van der Waals surface area (Å²) in [5.74, 6) is 0.865. The zero-order chi connectivity index (χ0) is 11.1. The number of halogens is 2.